The molecule has 6 nitrogen and oxygen atoms in total. The number of benzene rings is 1. The molecule has 0 aliphatic carbocycles. The van der Waals surface area contributed by atoms with Gasteiger partial charge in [0.1, 0.15) is 4.90 Å². The molecule has 2 rings (SSSR count). The fraction of sp³-hybridized carbons (Fsp3) is 0.500. The van der Waals surface area contributed by atoms with Gasteiger partial charge in [-0.1, -0.05) is 11.6 Å². The normalized spacial score (nSPS) is 18.8. The highest BCUT2D eigenvalue weighted by Gasteiger charge is 2.30. The summed E-state index contributed by atoms with van der Waals surface area (Å²) in [4.78, 5) is -0.248. The quantitative estimate of drug-likeness (QED) is 0.869. The summed E-state index contributed by atoms with van der Waals surface area (Å²) in [5.41, 5.74) is 5.76. The van der Waals surface area contributed by atoms with Gasteiger partial charge in [-0.25, -0.2) is 16.8 Å². The summed E-state index contributed by atoms with van der Waals surface area (Å²) in [6.45, 7) is 0.617. The van der Waals surface area contributed by atoms with E-state index in [1.165, 1.54) is 16.4 Å². The van der Waals surface area contributed by atoms with Gasteiger partial charge in [0.05, 0.1) is 9.92 Å². The van der Waals surface area contributed by atoms with Gasteiger partial charge in [0.25, 0.3) is 0 Å². The van der Waals surface area contributed by atoms with Crippen molar-refractivity contribution in [1.29, 1.82) is 0 Å². The van der Waals surface area contributed by atoms with E-state index in [4.69, 9.17) is 17.3 Å². The highest BCUT2D eigenvalue weighted by Crippen LogP contribution is 2.29. The molecule has 9 heteroatoms. The minimum atomic E-state index is -3.82. The van der Waals surface area contributed by atoms with E-state index in [0.29, 0.717) is 25.9 Å². The summed E-state index contributed by atoms with van der Waals surface area (Å²) in [7, 11) is -7.32. The number of hydrogen-bond donors (Lipinski definition) is 1. The Morgan fingerprint density at radius 3 is 2.29 bits per heavy atom. The largest absolute Gasteiger partial charge is 0.328 e. The van der Waals surface area contributed by atoms with Crippen LogP contribution in [0.3, 0.4) is 0 Å². The number of nitrogens with two attached hydrogens (primary N) is 1. The number of hydrogen-bond acceptors (Lipinski definition) is 5. The van der Waals surface area contributed by atoms with E-state index in [-0.39, 0.29) is 20.9 Å². The van der Waals surface area contributed by atoms with E-state index in [1.807, 2.05) is 0 Å². The van der Waals surface area contributed by atoms with Crippen LogP contribution in [0.5, 0.6) is 0 Å². The molecule has 1 heterocycles. The van der Waals surface area contributed by atoms with Gasteiger partial charge in [0.2, 0.25) is 10.0 Å². The topological polar surface area (TPSA) is 97.5 Å². The lowest BCUT2D eigenvalue weighted by Crippen LogP contribution is -2.42. The summed E-state index contributed by atoms with van der Waals surface area (Å²) in [5, 5.41) is 0.0114. The van der Waals surface area contributed by atoms with E-state index in [9.17, 15) is 16.8 Å². The molecule has 0 saturated carbocycles. The number of sulfone groups is 1. The zero-order valence-corrected chi connectivity index (χ0v) is 13.9. The van der Waals surface area contributed by atoms with Gasteiger partial charge in [-0.05, 0) is 31.0 Å². The molecule has 118 valence electrons. The minimum Gasteiger partial charge on any atom is -0.328 e. The van der Waals surface area contributed by atoms with Crippen LogP contribution in [0.4, 0.5) is 0 Å². The van der Waals surface area contributed by atoms with E-state index >= 15 is 0 Å². The standard InChI is InChI=1S/C12H17ClN2O4S2/c1-20(16,17)10-2-3-11(13)12(8-10)21(18,19)15-6-4-9(14)5-7-15/h2-3,8-9H,4-7,14H2,1H3. The van der Waals surface area contributed by atoms with Crippen molar-refractivity contribution in [3.63, 3.8) is 0 Å². The Balaban J connectivity index is 2.45. The van der Waals surface area contributed by atoms with Crippen LogP contribution in [0, 0.1) is 0 Å². The first-order chi connectivity index (χ1) is 9.62. The van der Waals surface area contributed by atoms with Gasteiger partial charge in [-0.15, -0.1) is 0 Å². The second-order valence-corrected chi connectivity index (χ2v) is 9.44. The predicted octanol–water partition coefficient (Wildman–Crippen LogP) is 0.855. The molecular formula is C12H17ClN2O4S2. The van der Waals surface area contributed by atoms with E-state index in [1.54, 1.807) is 0 Å². The zero-order valence-electron chi connectivity index (χ0n) is 11.5. The van der Waals surface area contributed by atoms with E-state index in [2.05, 4.69) is 0 Å². The molecule has 21 heavy (non-hydrogen) atoms. The van der Waals surface area contributed by atoms with Crippen molar-refractivity contribution in [1.82, 2.24) is 4.31 Å². The fourth-order valence-electron chi connectivity index (χ4n) is 2.17. The average Bonchev–Trinajstić information content (AvgIpc) is 2.38. The van der Waals surface area contributed by atoms with E-state index in [0.717, 1.165) is 12.3 Å². The molecule has 0 aromatic heterocycles. The second kappa shape index (κ2) is 5.85. The lowest BCUT2D eigenvalue weighted by molar-refractivity contribution is 0.320. The summed E-state index contributed by atoms with van der Waals surface area (Å²) >= 11 is 5.95. The Bertz CT molecular complexity index is 739. The number of piperidine rings is 1. The first-order valence-electron chi connectivity index (χ1n) is 6.38. The fourth-order valence-corrected chi connectivity index (χ4v) is 4.86. The van der Waals surface area contributed by atoms with E-state index < -0.39 is 19.9 Å². The number of halogens is 1. The van der Waals surface area contributed by atoms with Crippen LogP contribution in [-0.2, 0) is 19.9 Å². The molecule has 0 bridgehead atoms. The molecular weight excluding hydrogens is 336 g/mol. The Kier molecular flexibility index (Phi) is 4.65. The van der Waals surface area contributed by atoms with Gasteiger partial charge in [-0.3, -0.25) is 0 Å². The average molecular weight is 353 g/mol. The number of rotatable bonds is 3. The van der Waals surface area contributed by atoms with Crippen LogP contribution in [-0.4, -0.2) is 46.5 Å². The van der Waals surface area contributed by atoms with Crippen molar-refractivity contribution in [2.45, 2.75) is 28.7 Å². The van der Waals surface area contributed by atoms with Crippen LogP contribution in [0.25, 0.3) is 0 Å². The van der Waals surface area contributed by atoms with Gasteiger partial charge in [0.15, 0.2) is 9.84 Å². The number of sulfonamides is 1. The Hall–Kier alpha value is -0.670. The Morgan fingerprint density at radius 1 is 1.19 bits per heavy atom. The second-order valence-electron chi connectivity index (χ2n) is 5.11. The maximum atomic E-state index is 12.6. The Morgan fingerprint density at radius 2 is 1.76 bits per heavy atom. The van der Waals surface area contributed by atoms with Crippen molar-refractivity contribution in [3.8, 4) is 0 Å². The van der Waals surface area contributed by atoms with Crippen LogP contribution in [0.1, 0.15) is 12.8 Å². The van der Waals surface area contributed by atoms with Crippen molar-refractivity contribution in [2.24, 2.45) is 5.73 Å². The lowest BCUT2D eigenvalue weighted by Gasteiger charge is -2.29. The van der Waals surface area contributed by atoms with Crippen molar-refractivity contribution in [3.05, 3.63) is 23.2 Å². The zero-order chi connectivity index (χ0) is 15.8. The molecule has 2 N–H and O–H groups in total. The predicted molar refractivity (Wildman–Crippen MR) is 80.5 cm³/mol. The molecule has 1 aromatic carbocycles. The third-order valence-corrected chi connectivity index (χ3v) is 6.94. The third-order valence-electron chi connectivity index (χ3n) is 3.45. The van der Waals surface area contributed by atoms with Crippen LogP contribution < -0.4 is 5.73 Å². The monoisotopic (exact) mass is 352 g/mol. The van der Waals surface area contributed by atoms with Crippen molar-refractivity contribution < 1.29 is 16.8 Å². The summed E-state index contributed by atoms with van der Waals surface area (Å²) in [6.07, 6.45) is 2.16. The molecule has 0 amide bonds. The molecule has 1 aromatic rings. The molecule has 1 fully saturated rings. The molecule has 1 saturated heterocycles. The minimum absolute atomic E-state index is 0.00530. The SMILES string of the molecule is CS(=O)(=O)c1ccc(Cl)c(S(=O)(=O)N2CCC(N)CC2)c1. The first-order valence-corrected chi connectivity index (χ1v) is 10.1. The number of nitrogens with zero attached hydrogens (tertiary/aromatic N) is 1. The highest BCUT2D eigenvalue weighted by molar-refractivity contribution is 7.91. The maximum Gasteiger partial charge on any atom is 0.244 e. The summed E-state index contributed by atoms with van der Waals surface area (Å²) in [5.74, 6) is 0. The maximum absolute atomic E-state index is 12.6. The first kappa shape index (κ1) is 16.7. The third kappa shape index (κ3) is 3.57. The summed E-state index contributed by atoms with van der Waals surface area (Å²) in [6, 6.07) is 3.69. The van der Waals surface area contributed by atoms with Crippen LogP contribution >= 0.6 is 11.6 Å². The van der Waals surface area contributed by atoms with Gasteiger partial charge < -0.3 is 5.73 Å². The van der Waals surface area contributed by atoms with Gasteiger partial charge in [0, 0.05) is 25.4 Å². The van der Waals surface area contributed by atoms with Crippen molar-refractivity contribution >= 4 is 31.5 Å². The molecule has 0 spiro atoms. The summed E-state index contributed by atoms with van der Waals surface area (Å²) < 4.78 is 49.6. The highest BCUT2D eigenvalue weighted by atomic mass is 35.5. The van der Waals surface area contributed by atoms with Crippen molar-refractivity contribution in [2.75, 3.05) is 19.3 Å². The molecule has 0 atom stereocenters. The molecule has 1 aliphatic rings. The van der Waals surface area contributed by atoms with Gasteiger partial charge >= 0.3 is 0 Å². The molecule has 1 aliphatic heterocycles. The van der Waals surface area contributed by atoms with Gasteiger partial charge in [-0.2, -0.15) is 4.31 Å². The Labute approximate surface area is 129 Å². The smallest absolute Gasteiger partial charge is 0.244 e. The van der Waals surface area contributed by atoms with Crippen LogP contribution in [0.2, 0.25) is 5.02 Å². The molecule has 0 unspecified atom stereocenters. The van der Waals surface area contributed by atoms with Crippen LogP contribution in [0.15, 0.2) is 28.0 Å². The molecule has 0 radical (unpaired) electrons. The lowest BCUT2D eigenvalue weighted by atomic mass is 10.1.